The second kappa shape index (κ2) is 7.51. The van der Waals surface area contributed by atoms with Crippen LogP contribution in [0.3, 0.4) is 0 Å². The third kappa shape index (κ3) is 4.50. The second-order valence-corrected chi connectivity index (χ2v) is 5.03. The van der Waals surface area contributed by atoms with Crippen LogP contribution in [-0.2, 0) is 14.3 Å². The molecular weight excluding hydrogens is 274 g/mol. The van der Waals surface area contributed by atoms with Gasteiger partial charge in [-0.1, -0.05) is 18.2 Å². The van der Waals surface area contributed by atoms with Gasteiger partial charge in [0.1, 0.15) is 6.10 Å². The van der Waals surface area contributed by atoms with Gasteiger partial charge in [0.05, 0.1) is 19.3 Å². The van der Waals surface area contributed by atoms with E-state index in [1.165, 1.54) is 6.92 Å². The van der Waals surface area contributed by atoms with Crippen LogP contribution in [0.5, 0.6) is 0 Å². The number of amides is 1. The smallest absolute Gasteiger partial charge is 0.216 e. The van der Waals surface area contributed by atoms with E-state index in [-0.39, 0.29) is 12.3 Å². The molecule has 0 aliphatic carbocycles. The number of hydrogen-bond donors (Lipinski definition) is 3. The maximum Gasteiger partial charge on any atom is 0.216 e. The Kier molecular flexibility index (Phi) is 5.69. The summed E-state index contributed by atoms with van der Waals surface area (Å²) in [4.78, 5) is 10.8. The average molecular weight is 295 g/mol. The molecule has 2 unspecified atom stereocenters. The molecule has 3 N–H and O–H groups in total. The maximum atomic E-state index is 10.8. The minimum absolute atomic E-state index is 0.158. The summed E-state index contributed by atoms with van der Waals surface area (Å²) in [5, 5.41) is 22.7. The van der Waals surface area contributed by atoms with Crippen molar-refractivity contribution in [1.82, 2.24) is 5.32 Å². The monoisotopic (exact) mass is 295 g/mol. The number of ether oxygens (including phenoxy) is 2. The molecule has 1 heterocycles. The molecule has 6 heteroatoms. The van der Waals surface area contributed by atoms with Crippen LogP contribution in [0.2, 0.25) is 0 Å². The lowest BCUT2D eigenvalue weighted by atomic mass is 10.00. The van der Waals surface area contributed by atoms with E-state index in [1.54, 1.807) is 18.2 Å². The third-order valence-corrected chi connectivity index (χ3v) is 3.32. The Bertz CT molecular complexity index is 473. The molecule has 1 aromatic carbocycles. The number of aliphatic hydroxyl groups excluding tert-OH is 2. The van der Waals surface area contributed by atoms with Crippen LogP contribution in [0.1, 0.15) is 36.9 Å². The van der Waals surface area contributed by atoms with E-state index in [4.69, 9.17) is 9.47 Å². The zero-order valence-corrected chi connectivity index (χ0v) is 12.0. The van der Waals surface area contributed by atoms with Crippen molar-refractivity contribution in [1.29, 1.82) is 0 Å². The predicted molar refractivity (Wildman–Crippen MR) is 75.4 cm³/mol. The van der Waals surface area contributed by atoms with E-state index >= 15 is 0 Å². The Morgan fingerprint density at radius 3 is 2.76 bits per heavy atom. The summed E-state index contributed by atoms with van der Waals surface area (Å²) >= 11 is 0. The fourth-order valence-corrected chi connectivity index (χ4v) is 2.22. The topological polar surface area (TPSA) is 88.0 Å². The first-order chi connectivity index (χ1) is 10.1. The first-order valence-electron chi connectivity index (χ1n) is 7.01. The number of aliphatic hydroxyl groups is 2. The first-order valence-corrected chi connectivity index (χ1v) is 7.01. The standard InChI is InChI=1S/C15H21NO5/c1-10(17)16-6-5-13(18)14(19)11-3-2-4-12(9-11)15-20-7-8-21-15/h2-4,9,13-15,18-19H,5-8H2,1H3,(H,16,17). The molecular formula is C15H21NO5. The molecule has 1 aliphatic heterocycles. The van der Waals surface area contributed by atoms with Crippen molar-refractivity contribution in [3.63, 3.8) is 0 Å². The lowest BCUT2D eigenvalue weighted by Crippen LogP contribution is -2.27. The van der Waals surface area contributed by atoms with Crippen molar-refractivity contribution >= 4 is 5.91 Å². The fourth-order valence-electron chi connectivity index (χ4n) is 2.22. The molecule has 0 bridgehead atoms. The molecule has 1 fully saturated rings. The third-order valence-electron chi connectivity index (χ3n) is 3.32. The zero-order chi connectivity index (χ0) is 15.2. The molecule has 1 aliphatic rings. The molecule has 1 aromatic rings. The van der Waals surface area contributed by atoms with Crippen LogP contribution in [0.4, 0.5) is 0 Å². The number of carbonyl (C=O) groups is 1. The number of nitrogens with one attached hydrogen (secondary N) is 1. The molecule has 2 atom stereocenters. The van der Waals surface area contributed by atoms with Crippen molar-refractivity contribution in [2.45, 2.75) is 31.8 Å². The average Bonchev–Trinajstić information content (AvgIpc) is 3.00. The minimum atomic E-state index is -1.01. The number of hydrogen-bond acceptors (Lipinski definition) is 5. The number of carbonyl (C=O) groups excluding carboxylic acids is 1. The van der Waals surface area contributed by atoms with Crippen molar-refractivity contribution in [3.05, 3.63) is 35.4 Å². The van der Waals surface area contributed by atoms with Crippen LogP contribution < -0.4 is 5.32 Å². The highest BCUT2D eigenvalue weighted by Gasteiger charge is 2.22. The fraction of sp³-hybridized carbons (Fsp3) is 0.533. The van der Waals surface area contributed by atoms with Crippen molar-refractivity contribution in [2.24, 2.45) is 0 Å². The Morgan fingerprint density at radius 1 is 1.38 bits per heavy atom. The highest BCUT2D eigenvalue weighted by molar-refractivity contribution is 5.72. The van der Waals surface area contributed by atoms with Gasteiger partial charge in [-0.05, 0) is 18.1 Å². The van der Waals surface area contributed by atoms with Crippen molar-refractivity contribution < 1.29 is 24.5 Å². The van der Waals surface area contributed by atoms with E-state index < -0.39 is 18.5 Å². The Labute approximate surface area is 123 Å². The summed E-state index contributed by atoms with van der Waals surface area (Å²) in [6.45, 7) is 2.84. The quantitative estimate of drug-likeness (QED) is 0.717. The van der Waals surface area contributed by atoms with E-state index in [0.717, 1.165) is 5.56 Å². The van der Waals surface area contributed by atoms with Gasteiger partial charge in [0.2, 0.25) is 5.91 Å². The van der Waals surface area contributed by atoms with Crippen LogP contribution in [0, 0.1) is 0 Å². The van der Waals surface area contributed by atoms with E-state index in [9.17, 15) is 15.0 Å². The van der Waals surface area contributed by atoms with Gasteiger partial charge < -0.3 is 25.0 Å². The minimum Gasteiger partial charge on any atom is -0.390 e. The van der Waals surface area contributed by atoms with Gasteiger partial charge in [0, 0.05) is 19.0 Å². The molecule has 21 heavy (non-hydrogen) atoms. The first kappa shape index (κ1) is 15.9. The number of benzene rings is 1. The van der Waals surface area contributed by atoms with Crippen LogP contribution >= 0.6 is 0 Å². The van der Waals surface area contributed by atoms with Gasteiger partial charge in [0.15, 0.2) is 6.29 Å². The van der Waals surface area contributed by atoms with Gasteiger partial charge in [-0.2, -0.15) is 0 Å². The molecule has 0 spiro atoms. The summed E-state index contributed by atoms with van der Waals surface area (Å²) in [6.07, 6.45) is -2.09. The molecule has 1 amide bonds. The molecule has 0 aromatic heterocycles. The largest absolute Gasteiger partial charge is 0.390 e. The lowest BCUT2D eigenvalue weighted by molar-refractivity contribution is -0.119. The van der Waals surface area contributed by atoms with Gasteiger partial charge in [-0.3, -0.25) is 4.79 Å². The molecule has 2 rings (SSSR count). The van der Waals surface area contributed by atoms with Crippen molar-refractivity contribution in [3.8, 4) is 0 Å². The lowest BCUT2D eigenvalue weighted by Gasteiger charge is -2.19. The van der Waals surface area contributed by atoms with Crippen molar-refractivity contribution in [2.75, 3.05) is 19.8 Å². The summed E-state index contributed by atoms with van der Waals surface area (Å²) in [6, 6.07) is 7.16. The Balaban J connectivity index is 1.96. The predicted octanol–water partition coefficient (Wildman–Crippen LogP) is 0.652. The normalized spacial score (nSPS) is 18.4. The van der Waals surface area contributed by atoms with Gasteiger partial charge in [0.25, 0.3) is 0 Å². The van der Waals surface area contributed by atoms with Crippen LogP contribution in [0.25, 0.3) is 0 Å². The second-order valence-electron chi connectivity index (χ2n) is 5.03. The van der Waals surface area contributed by atoms with E-state index in [1.807, 2.05) is 6.07 Å². The molecule has 0 saturated carbocycles. The molecule has 116 valence electrons. The Hall–Kier alpha value is -1.47. The Morgan fingerprint density at radius 2 is 2.10 bits per heavy atom. The van der Waals surface area contributed by atoms with E-state index in [2.05, 4.69) is 5.32 Å². The van der Waals surface area contributed by atoms with Crippen LogP contribution in [-0.4, -0.2) is 42.0 Å². The zero-order valence-electron chi connectivity index (χ0n) is 12.0. The summed E-state index contributed by atoms with van der Waals surface area (Å²) in [7, 11) is 0. The van der Waals surface area contributed by atoms with Gasteiger partial charge >= 0.3 is 0 Å². The maximum absolute atomic E-state index is 10.8. The molecule has 0 radical (unpaired) electrons. The van der Waals surface area contributed by atoms with E-state index in [0.29, 0.717) is 25.3 Å². The summed E-state index contributed by atoms with van der Waals surface area (Å²) in [5.74, 6) is -0.158. The summed E-state index contributed by atoms with van der Waals surface area (Å²) < 4.78 is 10.8. The molecule has 1 saturated heterocycles. The highest BCUT2D eigenvalue weighted by Crippen LogP contribution is 2.27. The highest BCUT2D eigenvalue weighted by atomic mass is 16.7. The van der Waals surface area contributed by atoms with Gasteiger partial charge in [-0.25, -0.2) is 0 Å². The molecule has 6 nitrogen and oxygen atoms in total. The summed E-state index contributed by atoms with van der Waals surface area (Å²) in [5.41, 5.74) is 1.42. The van der Waals surface area contributed by atoms with Crippen LogP contribution in [0.15, 0.2) is 24.3 Å². The SMILES string of the molecule is CC(=O)NCCC(O)C(O)c1cccc(C2OCCO2)c1. The van der Waals surface area contributed by atoms with Gasteiger partial charge in [-0.15, -0.1) is 0 Å². The number of rotatable bonds is 6.